The van der Waals surface area contributed by atoms with Crippen molar-refractivity contribution in [3.8, 4) is 5.75 Å². The van der Waals surface area contributed by atoms with Gasteiger partial charge in [0.2, 0.25) is 0 Å². The summed E-state index contributed by atoms with van der Waals surface area (Å²) < 4.78 is 29.9. The summed E-state index contributed by atoms with van der Waals surface area (Å²) in [6.07, 6.45) is 1.35. The zero-order valence-corrected chi connectivity index (χ0v) is 14.2. The molecule has 7 heteroatoms. The second-order valence-electron chi connectivity index (χ2n) is 5.61. The molecule has 0 amide bonds. The smallest absolute Gasteiger partial charge is 0.375 e. The SMILES string of the molecule is C/C(=C\c1ccc(N(C)Cc2ccc(F)cc2)cc1OC=O)C(=O)OF. The van der Waals surface area contributed by atoms with Crippen molar-refractivity contribution in [1.82, 2.24) is 0 Å². The van der Waals surface area contributed by atoms with E-state index in [1.165, 1.54) is 25.1 Å². The molecule has 0 aliphatic heterocycles. The minimum Gasteiger partial charge on any atom is -0.428 e. The Morgan fingerprint density at radius 1 is 1.19 bits per heavy atom. The molecule has 0 aliphatic carbocycles. The van der Waals surface area contributed by atoms with E-state index in [2.05, 4.69) is 4.94 Å². The Labute approximate surface area is 149 Å². The van der Waals surface area contributed by atoms with Crippen molar-refractivity contribution in [2.24, 2.45) is 0 Å². The first kappa shape index (κ1) is 19.1. The maximum absolute atomic E-state index is 13.0. The second-order valence-corrected chi connectivity index (χ2v) is 5.61. The topological polar surface area (TPSA) is 55.8 Å². The molecule has 0 unspecified atom stereocenters. The van der Waals surface area contributed by atoms with Crippen LogP contribution in [-0.2, 0) is 21.1 Å². The molecule has 5 nitrogen and oxygen atoms in total. The molecule has 0 atom stereocenters. The third-order valence-corrected chi connectivity index (χ3v) is 3.71. The maximum atomic E-state index is 13.0. The summed E-state index contributed by atoms with van der Waals surface area (Å²) >= 11 is 0. The van der Waals surface area contributed by atoms with Crippen LogP contribution in [0.4, 0.5) is 14.6 Å². The molecule has 136 valence electrons. The summed E-state index contributed by atoms with van der Waals surface area (Å²) in [5.74, 6) is -1.23. The molecule has 0 fully saturated rings. The molecule has 0 spiro atoms. The Balaban J connectivity index is 2.27. The van der Waals surface area contributed by atoms with Crippen LogP contribution < -0.4 is 9.64 Å². The van der Waals surface area contributed by atoms with Gasteiger partial charge in [-0.15, -0.1) is 0 Å². The predicted molar refractivity (Wildman–Crippen MR) is 92.5 cm³/mol. The average molecular weight is 361 g/mol. The van der Waals surface area contributed by atoms with Gasteiger partial charge in [0.15, 0.2) is 0 Å². The number of rotatable bonds is 7. The summed E-state index contributed by atoms with van der Waals surface area (Å²) in [6, 6.07) is 11.1. The van der Waals surface area contributed by atoms with Gasteiger partial charge >= 0.3 is 5.97 Å². The van der Waals surface area contributed by atoms with Gasteiger partial charge in [-0.05, 0) is 42.8 Å². The highest BCUT2D eigenvalue weighted by Crippen LogP contribution is 2.28. The Hall–Kier alpha value is -3.22. The zero-order chi connectivity index (χ0) is 19.1. The molecule has 2 rings (SSSR count). The van der Waals surface area contributed by atoms with Crippen LogP contribution in [-0.4, -0.2) is 19.5 Å². The first-order chi connectivity index (χ1) is 12.4. The summed E-state index contributed by atoms with van der Waals surface area (Å²) in [5, 5.41) is 0. The first-order valence-corrected chi connectivity index (χ1v) is 7.65. The van der Waals surface area contributed by atoms with Crippen molar-refractivity contribution >= 4 is 24.2 Å². The molecule has 0 aromatic heterocycles. The maximum Gasteiger partial charge on any atom is 0.375 e. The summed E-state index contributed by atoms with van der Waals surface area (Å²) in [7, 11) is 1.82. The van der Waals surface area contributed by atoms with E-state index in [-0.39, 0.29) is 23.6 Å². The number of nitrogens with zero attached hydrogens (tertiary/aromatic N) is 1. The molecule has 2 aromatic rings. The van der Waals surface area contributed by atoms with Crippen molar-refractivity contribution in [2.75, 3.05) is 11.9 Å². The molecular weight excluding hydrogens is 344 g/mol. The minimum absolute atomic E-state index is 0.00988. The molecule has 26 heavy (non-hydrogen) atoms. The second kappa shape index (κ2) is 8.75. The van der Waals surface area contributed by atoms with Crippen LogP contribution >= 0.6 is 0 Å². The van der Waals surface area contributed by atoms with E-state index in [1.807, 2.05) is 11.9 Å². The molecule has 0 heterocycles. The van der Waals surface area contributed by atoms with E-state index < -0.39 is 5.97 Å². The van der Waals surface area contributed by atoms with Crippen molar-refractivity contribution in [1.29, 1.82) is 0 Å². The van der Waals surface area contributed by atoms with Crippen molar-refractivity contribution in [3.05, 3.63) is 65.0 Å². The van der Waals surface area contributed by atoms with Gasteiger partial charge in [0.05, 0.1) is 0 Å². The standard InChI is InChI=1S/C19H17F2NO4/c1-13(19(24)26-21)9-15-5-8-17(10-18(15)25-12-23)22(2)11-14-3-6-16(20)7-4-14/h3-10,12H,11H2,1-2H3/b13-9+. The lowest BCUT2D eigenvalue weighted by Gasteiger charge is -2.20. The van der Waals surface area contributed by atoms with Crippen LogP contribution in [0.15, 0.2) is 48.0 Å². The predicted octanol–water partition coefficient (Wildman–Crippen LogP) is 3.83. The molecule has 0 aliphatic rings. The Morgan fingerprint density at radius 2 is 1.88 bits per heavy atom. The number of hydrogen-bond acceptors (Lipinski definition) is 5. The number of carbonyl (C=O) groups is 2. The largest absolute Gasteiger partial charge is 0.428 e. The molecule has 0 bridgehead atoms. The fourth-order valence-electron chi connectivity index (χ4n) is 2.34. The molecule has 0 saturated carbocycles. The number of benzene rings is 2. The first-order valence-electron chi connectivity index (χ1n) is 7.65. The van der Waals surface area contributed by atoms with Gasteiger partial charge in [-0.1, -0.05) is 12.1 Å². The third-order valence-electron chi connectivity index (χ3n) is 3.71. The highest BCUT2D eigenvalue weighted by atomic mass is 19.3. The molecule has 2 aromatic carbocycles. The lowest BCUT2D eigenvalue weighted by Crippen LogP contribution is -2.16. The van der Waals surface area contributed by atoms with E-state index in [0.29, 0.717) is 12.1 Å². The van der Waals surface area contributed by atoms with Gasteiger partial charge in [-0.25, -0.2) is 14.1 Å². The quantitative estimate of drug-likeness (QED) is 0.554. The fourth-order valence-corrected chi connectivity index (χ4v) is 2.34. The van der Waals surface area contributed by atoms with Crippen molar-refractivity contribution in [2.45, 2.75) is 13.5 Å². The van der Waals surface area contributed by atoms with Gasteiger partial charge in [0.1, 0.15) is 11.6 Å². The normalized spacial score (nSPS) is 11.0. The highest BCUT2D eigenvalue weighted by molar-refractivity contribution is 5.93. The van der Waals surface area contributed by atoms with Gasteiger partial charge in [0.25, 0.3) is 6.47 Å². The molecular formula is C19H17F2NO4. The van der Waals surface area contributed by atoms with E-state index in [0.717, 1.165) is 11.3 Å². The summed E-state index contributed by atoms with van der Waals surface area (Å²) in [5.41, 5.74) is 2.06. The molecule has 0 saturated heterocycles. The summed E-state index contributed by atoms with van der Waals surface area (Å²) in [4.78, 5) is 27.0. The zero-order valence-electron chi connectivity index (χ0n) is 14.2. The Kier molecular flexibility index (Phi) is 6.43. The fraction of sp³-hybridized carbons (Fsp3) is 0.158. The van der Waals surface area contributed by atoms with Crippen LogP contribution in [0, 0.1) is 5.82 Å². The van der Waals surface area contributed by atoms with E-state index >= 15 is 0 Å². The van der Waals surface area contributed by atoms with Crippen LogP contribution in [0.5, 0.6) is 5.75 Å². The van der Waals surface area contributed by atoms with Crippen LogP contribution in [0.3, 0.4) is 0 Å². The lowest BCUT2D eigenvalue weighted by atomic mass is 10.1. The van der Waals surface area contributed by atoms with Crippen molar-refractivity contribution in [3.63, 3.8) is 0 Å². The van der Waals surface area contributed by atoms with E-state index in [4.69, 9.17) is 4.74 Å². The number of carbonyl (C=O) groups excluding carboxylic acids is 2. The number of anilines is 1. The number of hydrogen-bond donors (Lipinski definition) is 0. The van der Waals surface area contributed by atoms with E-state index in [1.54, 1.807) is 30.3 Å². The van der Waals surface area contributed by atoms with Gasteiger partial charge in [-0.3, -0.25) is 4.79 Å². The van der Waals surface area contributed by atoms with Gasteiger partial charge < -0.3 is 9.64 Å². The monoisotopic (exact) mass is 361 g/mol. The molecule has 0 radical (unpaired) electrons. The van der Waals surface area contributed by atoms with E-state index in [9.17, 15) is 18.5 Å². The number of halogens is 2. The van der Waals surface area contributed by atoms with Crippen LogP contribution in [0.25, 0.3) is 6.08 Å². The van der Waals surface area contributed by atoms with Gasteiger partial charge in [0, 0.05) is 41.0 Å². The molecule has 0 N–H and O–H groups in total. The lowest BCUT2D eigenvalue weighted by molar-refractivity contribution is -0.178. The third kappa shape index (κ3) is 4.89. The summed E-state index contributed by atoms with van der Waals surface area (Å²) in [6.45, 7) is 2.14. The Morgan fingerprint density at radius 3 is 2.50 bits per heavy atom. The average Bonchev–Trinajstić information content (AvgIpc) is 2.64. The van der Waals surface area contributed by atoms with Crippen LogP contribution in [0.2, 0.25) is 0 Å². The number of ether oxygens (including phenoxy) is 1. The van der Waals surface area contributed by atoms with Crippen molar-refractivity contribution < 1.29 is 28.2 Å². The highest BCUT2D eigenvalue weighted by Gasteiger charge is 2.11. The van der Waals surface area contributed by atoms with Crippen LogP contribution in [0.1, 0.15) is 18.1 Å². The van der Waals surface area contributed by atoms with Gasteiger partial charge in [-0.2, -0.15) is 0 Å². The Bertz CT molecular complexity index is 819. The minimum atomic E-state index is -1.13.